The Hall–Kier alpha value is -2.85. The number of sulfonamides is 1. The molecule has 0 saturated heterocycles. The monoisotopic (exact) mass is 468 g/mol. The maximum Gasteiger partial charge on any atom is 0.338 e. The molecule has 2 aromatic rings. The van der Waals surface area contributed by atoms with E-state index in [1.807, 2.05) is 0 Å². The maximum atomic E-state index is 14.2. The van der Waals surface area contributed by atoms with Crippen LogP contribution in [0.4, 0.5) is 8.78 Å². The van der Waals surface area contributed by atoms with E-state index >= 15 is 0 Å². The highest BCUT2D eigenvalue weighted by Gasteiger charge is 2.27. The number of carbonyl (C=O) groups is 2. The topological polar surface area (TPSA) is 84.0 Å². The predicted octanol–water partition coefficient (Wildman–Crippen LogP) is 3.20. The molecule has 174 valence electrons. The smallest absolute Gasteiger partial charge is 0.338 e. The molecule has 0 fully saturated rings. The second kappa shape index (κ2) is 11.1. The summed E-state index contributed by atoms with van der Waals surface area (Å²) in [7, 11) is -4.13. The van der Waals surface area contributed by atoms with Gasteiger partial charge in [-0.3, -0.25) is 4.79 Å². The first-order chi connectivity index (χ1) is 15.1. The molecule has 0 aliphatic heterocycles. The Morgan fingerprint density at radius 2 is 1.66 bits per heavy atom. The van der Waals surface area contributed by atoms with E-state index in [0.717, 1.165) is 22.5 Å². The van der Waals surface area contributed by atoms with Gasteiger partial charge < -0.3 is 9.64 Å². The van der Waals surface area contributed by atoms with Crippen molar-refractivity contribution in [3.63, 3.8) is 0 Å². The van der Waals surface area contributed by atoms with E-state index in [0.29, 0.717) is 12.1 Å². The Balaban J connectivity index is 2.11. The third-order valence-corrected chi connectivity index (χ3v) is 6.88. The zero-order valence-electron chi connectivity index (χ0n) is 18.2. The van der Waals surface area contributed by atoms with Crippen LogP contribution in [0, 0.1) is 11.6 Å². The van der Waals surface area contributed by atoms with Gasteiger partial charge in [0.2, 0.25) is 10.0 Å². The standard InChI is InChI=1S/C22H26F2N2O5S/c1-4-25(14-16-8-7-9-18(23)12-16)21(27)15-31-22(28)17-10-11-19(24)20(13-17)32(29,30)26(5-2)6-3/h7-13H,4-6,14-15H2,1-3H3. The van der Waals surface area contributed by atoms with Gasteiger partial charge in [-0.1, -0.05) is 26.0 Å². The lowest BCUT2D eigenvalue weighted by Gasteiger charge is -2.21. The second-order valence-electron chi connectivity index (χ2n) is 6.85. The minimum absolute atomic E-state index is 0.132. The van der Waals surface area contributed by atoms with Crippen molar-refractivity contribution in [2.24, 2.45) is 0 Å². The van der Waals surface area contributed by atoms with Crippen LogP contribution in [0.15, 0.2) is 47.4 Å². The molecule has 0 aliphatic carbocycles. The quantitative estimate of drug-likeness (QED) is 0.500. The van der Waals surface area contributed by atoms with Crippen LogP contribution in [0.1, 0.15) is 36.7 Å². The number of amides is 1. The van der Waals surface area contributed by atoms with Crippen molar-refractivity contribution in [1.82, 2.24) is 9.21 Å². The Morgan fingerprint density at radius 3 is 2.25 bits per heavy atom. The molecular formula is C22H26F2N2O5S. The van der Waals surface area contributed by atoms with Crippen LogP contribution in [0.2, 0.25) is 0 Å². The summed E-state index contributed by atoms with van der Waals surface area (Å²) in [5.41, 5.74) is 0.384. The summed E-state index contributed by atoms with van der Waals surface area (Å²) in [5, 5.41) is 0. The molecular weight excluding hydrogens is 442 g/mol. The lowest BCUT2D eigenvalue weighted by molar-refractivity contribution is -0.134. The average Bonchev–Trinajstić information content (AvgIpc) is 2.76. The number of hydrogen-bond acceptors (Lipinski definition) is 5. The third-order valence-electron chi connectivity index (χ3n) is 4.81. The largest absolute Gasteiger partial charge is 0.452 e. The minimum atomic E-state index is -4.13. The summed E-state index contributed by atoms with van der Waals surface area (Å²) in [6, 6.07) is 8.66. The van der Waals surface area contributed by atoms with Crippen LogP contribution in [0.3, 0.4) is 0 Å². The summed E-state index contributed by atoms with van der Waals surface area (Å²) in [6.45, 7) is 5.07. The first kappa shape index (κ1) is 25.4. The highest BCUT2D eigenvalue weighted by Crippen LogP contribution is 2.21. The molecule has 2 rings (SSSR count). The molecule has 0 aliphatic rings. The van der Waals surface area contributed by atoms with Crippen molar-refractivity contribution in [1.29, 1.82) is 0 Å². The van der Waals surface area contributed by atoms with Crippen LogP contribution in [-0.4, -0.2) is 55.7 Å². The Bertz CT molecular complexity index is 1070. The number of nitrogens with zero attached hydrogens (tertiary/aromatic N) is 2. The number of ether oxygens (including phenoxy) is 1. The molecule has 0 spiro atoms. The number of likely N-dealkylation sites (N-methyl/N-ethyl adjacent to an activating group) is 1. The van der Waals surface area contributed by atoms with E-state index in [-0.39, 0.29) is 25.2 Å². The molecule has 10 heteroatoms. The number of benzene rings is 2. The number of carbonyl (C=O) groups excluding carboxylic acids is 2. The van der Waals surface area contributed by atoms with Gasteiger partial charge in [0.25, 0.3) is 5.91 Å². The van der Waals surface area contributed by atoms with E-state index in [1.165, 1.54) is 23.1 Å². The van der Waals surface area contributed by atoms with Crippen molar-refractivity contribution >= 4 is 21.9 Å². The Morgan fingerprint density at radius 1 is 0.969 bits per heavy atom. The molecule has 2 aromatic carbocycles. The van der Waals surface area contributed by atoms with E-state index in [1.54, 1.807) is 26.8 Å². The van der Waals surface area contributed by atoms with E-state index in [4.69, 9.17) is 4.74 Å². The summed E-state index contributed by atoms with van der Waals surface area (Å²) in [5.74, 6) is -2.89. The molecule has 0 N–H and O–H groups in total. The number of rotatable bonds is 10. The molecule has 7 nitrogen and oxygen atoms in total. The summed E-state index contributed by atoms with van der Waals surface area (Å²) < 4.78 is 58.9. The fourth-order valence-electron chi connectivity index (χ4n) is 3.06. The van der Waals surface area contributed by atoms with Crippen molar-refractivity contribution in [2.75, 3.05) is 26.2 Å². The zero-order valence-corrected chi connectivity index (χ0v) is 19.0. The van der Waals surface area contributed by atoms with Crippen LogP contribution >= 0.6 is 0 Å². The van der Waals surface area contributed by atoms with Crippen LogP contribution in [0.5, 0.6) is 0 Å². The summed E-state index contributed by atoms with van der Waals surface area (Å²) in [6.07, 6.45) is 0. The van der Waals surface area contributed by atoms with Gasteiger partial charge in [0.1, 0.15) is 16.5 Å². The predicted molar refractivity (Wildman–Crippen MR) is 114 cm³/mol. The number of hydrogen-bond donors (Lipinski definition) is 0. The van der Waals surface area contributed by atoms with Gasteiger partial charge in [0, 0.05) is 26.2 Å². The van der Waals surface area contributed by atoms with Gasteiger partial charge in [-0.15, -0.1) is 0 Å². The fourth-order valence-corrected chi connectivity index (χ4v) is 4.61. The van der Waals surface area contributed by atoms with E-state index in [9.17, 15) is 26.8 Å². The van der Waals surface area contributed by atoms with Gasteiger partial charge >= 0.3 is 5.97 Å². The van der Waals surface area contributed by atoms with Gasteiger partial charge in [0.15, 0.2) is 6.61 Å². The summed E-state index contributed by atoms with van der Waals surface area (Å²) >= 11 is 0. The molecule has 32 heavy (non-hydrogen) atoms. The lowest BCUT2D eigenvalue weighted by atomic mass is 10.2. The van der Waals surface area contributed by atoms with E-state index < -0.39 is 45.0 Å². The second-order valence-corrected chi connectivity index (χ2v) is 8.75. The maximum absolute atomic E-state index is 14.2. The minimum Gasteiger partial charge on any atom is -0.452 e. The van der Waals surface area contributed by atoms with Crippen molar-refractivity contribution in [2.45, 2.75) is 32.2 Å². The average molecular weight is 469 g/mol. The molecule has 1 amide bonds. The van der Waals surface area contributed by atoms with Crippen LogP contribution < -0.4 is 0 Å². The Kier molecular flexibility index (Phi) is 8.85. The molecule has 0 heterocycles. The molecule has 0 unspecified atom stereocenters. The Labute approximate surface area is 186 Å². The number of esters is 1. The van der Waals surface area contributed by atoms with Crippen molar-refractivity contribution in [3.8, 4) is 0 Å². The molecule has 0 radical (unpaired) electrons. The highest BCUT2D eigenvalue weighted by atomic mass is 32.2. The first-order valence-corrected chi connectivity index (χ1v) is 11.6. The molecule has 0 saturated carbocycles. The number of halogens is 2. The normalized spacial score (nSPS) is 11.4. The molecule has 0 aromatic heterocycles. The molecule has 0 bridgehead atoms. The highest BCUT2D eigenvalue weighted by molar-refractivity contribution is 7.89. The van der Waals surface area contributed by atoms with Crippen LogP contribution in [-0.2, 0) is 26.1 Å². The van der Waals surface area contributed by atoms with Gasteiger partial charge in [-0.2, -0.15) is 4.31 Å². The summed E-state index contributed by atoms with van der Waals surface area (Å²) in [4.78, 5) is 25.6. The van der Waals surface area contributed by atoms with Gasteiger partial charge in [0.05, 0.1) is 5.56 Å². The fraction of sp³-hybridized carbons (Fsp3) is 0.364. The third kappa shape index (κ3) is 6.10. The van der Waals surface area contributed by atoms with Crippen LogP contribution in [0.25, 0.3) is 0 Å². The van der Waals surface area contributed by atoms with Crippen molar-refractivity contribution < 1.29 is 31.5 Å². The van der Waals surface area contributed by atoms with E-state index in [2.05, 4.69) is 0 Å². The zero-order chi connectivity index (χ0) is 23.9. The van der Waals surface area contributed by atoms with Crippen molar-refractivity contribution in [3.05, 3.63) is 65.2 Å². The first-order valence-electron chi connectivity index (χ1n) is 10.1. The molecule has 0 atom stereocenters. The lowest BCUT2D eigenvalue weighted by Crippen LogP contribution is -2.34. The SMILES string of the molecule is CCN(Cc1cccc(F)c1)C(=O)COC(=O)c1ccc(F)c(S(=O)(=O)N(CC)CC)c1. The van der Waals surface area contributed by atoms with Gasteiger partial charge in [-0.05, 0) is 42.8 Å². The van der Waals surface area contributed by atoms with Gasteiger partial charge in [-0.25, -0.2) is 22.0 Å².